The molecule has 4 rings (SSSR count). The van der Waals surface area contributed by atoms with Gasteiger partial charge in [0.05, 0.1) is 5.60 Å². The number of hydrogen-bond donors (Lipinski definition) is 1. The molecule has 1 N–H and O–H groups in total. The van der Waals surface area contributed by atoms with Crippen molar-refractivity contribution in [3.63, 3.8) is 0 Å². The summed E-state index contributed by atoms with van der Waals surface area (Å²) in [4.78, 5) is 0. The van der Waals surface area contributed by atoms with Crippen LogP contribution in [0, 0.1) is 6.92 Å². The smallest absolute Gasteiger partial charge is 0.109 e. The van der Waals surface area contributed by atoms with Crippen LogP contribution < -0.4 is 5.32 Å². The molecule has 2 nitrogen and oxygen atoms in total. The summed E-state index contributed by atoms with van der Waals surface area (Å²) < 4.78 is 6.65. The molecular formula is C19H21NO. The number of piperidine rings is 1. The molecule has 2 heteroatoms. The molecule has 21 heavy (non-hydrogen) atoms. The molecule has 2 heterocycles. The van der Waals surface area contributed by atoms with Gasteiger partial charge in [-0.05, 0) is 49.5 Å². The fourth-order valence-electron chi connectivity index (χ4n) is 3.70. The van der Waals surface area contributed by atoms with Crippen molar-refractivity contribution >= 4 is 0 Å². The molecule has 2 aromatic rings. The van der Waals surface area contributed by atoms with Gasteiger partial charge in [0.2, 0.25) is 0 Å². The second-order valence-electron chi connectivity index (χ2n) is 6.24. The topological polar surface area (TPSA) is 21.3 Å². The van der Waals surface area contributed by atoms with Crippen LogP contribution in [-0.4, -0.2) is 13.1 Å². The van der Waals surface area contributed by atoms with Gasteiger partial charge in [-0.25, -0.2) is 0 Å². The minimum Gasteiger partial charge on any atom is -0.358 e. The van der Waals surface area contributed by atoms with Crippen LogP contribution in [0.3, 0.4) is 0 Å². The highest BCUT2D eigenvalue weighted by molar-refractivity contribution is 5.44. The molecule has 2 aromatic carbocycles. The Morgan fingerprint density at radius 3 is 2.48 bits per heavy atom. The average molecular weight is 279 g/mol. The van der Waals surface area contributed by atoms with E-state index in [4.69, 9.17) is 4.74 Å². The Bertz CT molecular complexity index is 641. The van der Waals surface area contributed by atoms with Crippen LogP contribution in [0.2, 0.25) is 0 Å². The van der Waals surface area contributed by atoms with E-state index in [1.54, 1.807) is 0 Å². The molecule has 0 bridgehead atoms. The van der Waals surface area contributed by atoms with Crippen molar-refractivity contribution in [2.45, 2.75) is 31.5 Å². The van der Waals surface area contributed by atoms with Crippen LogP contribution in [0.5, 0.6) is 0 Å². The zero-order chi connectivity index (χ0) is 14.3. The highest BCUT2D eigenvalue weighted by atomic mass is 16.5. The van der Waals surface area contributed by atoms with Gasteiger partial charge in [-0.2, -0.15) is 0 Å². The molecule has 1 spiro atoms. The number of aryl methyl sites for hydroxylation is 1. The summed E-state index contributed by atoms with van der Waals surface area (Å²) in [5, 5.41) is 3.45. The van der Waals surface area contributed by atoms with Crippen LogP contribution >= 0.6 is 0 Å². The molecule has 0 amide bonds. The first kappa shape index (κ1) is 13.1. The maximum absolute atomic E-state index is 6.65. The van der Waals surface area contributed by atoms with Gasteiger partial charge >= 0.3 is 0 Å². The summed E-state index contributed by atoms with van der Waals surface area (Å²) in [5.41, 5.74) is 5.22. The Morgan fingerprint density at radius 1 is 1.00 bits per heavy atom. The number of fused-ring (bicyclic) bond motifs is 2. The number of rotatable bonds is 1. The second-order valence-corrected chi connectivity index (χ2v) is 6.24. The summed E-state index contributed by atoms with van der Waals surface area (Å²) in [7, 11) is 0. The maximum atomic E-state index is 6.65. The third kappa shape index (κ3) is 2.10. The van der Waals surface area contributed by atoms with Gasteiger partial charge in [-0.15, -0.1) is 0 Å². The van der Waals surface area contributed by atoms with Gasteiger partial charge in [-0.3, -0.25) is 0 Å². The van der Waals surface area contributed by atoms with Gasteiger partial charge in [0.15, 0.2) is 0 Å². The zero-order valence-corrected chi connectivity index (χ0v) is 12.4. The summed E-state index contributed by atoms with van der Waals surface area (Å²) in [6, 6.07) is 17.5. The van der Waals surface area contributed by atoms with E-state index in [9.17, 15) is 0 Å². The number of nitrogens with one attached hydrogen (secondary N) is 1. The lowest BCUT2D eigenvalue weighted by Gasteiger charge is -2.34. The largest absolute Gasteiger partial charge is 0.358 e. The highest BCUT2D eigenvalue weighted by Gasteiger charge is 2.45. The Hall–Kier alpha value is -1.64. The van der Waals surface area contributed by atoms with Crippen molar-refractivity contribution in [3.05, 3.63) is 70.8 Å². The molecule has 1 saturated heterocycles. The van der Waals surface area contributed by atoms with Crippen LogP contribution in [-0.2, 0) is 10.3 Å². The van der Waals surface area contributed by atoms with Gasteiger partial charge in [0, 0.05) is 0 Å². The fraction of sp³-hybridized carbons (Fsp3) is 0.368. The van der Waals surface area contributed by atoms with Crippen molar-refractivity contribution in [3.8, 4) is 0 Å². The predicted octanol–water partition coefficient (Wildman–Crippen LogP) is 3.69. The maximum Gasteiger partial charge on any atom is 0.109 e. The van der Waals surface area contributed by atoms with E-state index in [-0.39, 0.29) is 11.7 Å². The third-order valence-corrected chi connectivity index (χ3v) is 4.87. The summed E-state index contributed by atoms with van der Waals surface area (Å²) in [6.07, 6.45) is 2.21. The molecule has 108 valence electrons. The van der Waals surface area contributed by atoms with Gasteiger partial charge < -0.3 is 10.1 Å². The summed E-state index contributed by atoms with van der Waals surface area (Å²) in [6.45, 7) is 4.20. The van der Waals surface area contributed by atoms with E-state index in [1.165, 1.54) is 22.3 Å². The van der Waals surface area contributed by atoms with Crippen LogP contribution in [0.1, 0.15) is 41.2 Å². The van der Waals surface area contributed by atoms with Gasteiger partial charge in [0.25, 0.3) is 0 Å². The molecular weight excluding hydrogens is 258 g/mol. The Labute approximate surface area is 126 Å². The first-order chi connectivity index (χ1) is 10.3. The van der Waals surface area contributed by atoms with Crippen LogP contribution in [0.25, 0.3) is 0 Å². The molecule has 2 aliphatic rings. The zero-order valence-electron chi connectivity index (χ0n) is 12.4. The lowest BCUT2D eigenvalue weighted by atomic mass is 9.84. The Balaban J connectivity index is 1.79. The standard InChI is InChI=1S/C19H21NO/c1-14-6-8-15(9-7-14)18-16-4-2-3-5-17(16)19(21-18)10-12-20-13-11-19/h2-9,18,20H,10-13H2,1H3. The summed E-state index contributed by atoms with van der Waals surface area (Å²) in [5.74, 6) is 0. The van der Waals surface area contributed by atoms with E-state index < -0.39 is 0 Å². The highest BCUT2D eigenvalue weighted by Crippen LogP contribution is 2.50. The molecule has 2 aliphatic heterocycles. The van der Waals surface area contributed by atoms with E-state index in [0.29, 0.717) is 0 Å². The van der Waals surface area contributed by atoms with E-state index >= 15 is 0 Å². The minimum atomic E-state index is -0.0859. The van der Waals surface area contributed by atoms with Gasteiger partial charge in [0.1, 0.15) is 6.10 Å². The average Bonchev–Trinajstić information content (AvgIpc) is 2.84. The lowest BCUT2D eigenvalue weighted by molar-refractivity contribution is -0.0798. The number of ether oxygens (including phenoxy) is 1. The Morgan fingerprint density at radius 2 is 1.71 bits per heavy atom. The van der Waals surface area contributed by atoms with E-state index in [1.807, 2.05) is 0 Å². The monoisotopic (exact) mass is 279 g/mol. The Kier molecular flexibility index (Phi) is 3.09. The van der Waals surface area contributed by atoms with Crippen molar-refractivity contribution in [2.75, 3.05) is 13.1 Å². The fourth-order valence-corrected chi connectivity index (χ4v) is 3.70. The van der Waals surface area contributed by atoms with Gasteiger partial charge in [-0.1, -0.05) is 54.1 Å². The predicted molar refractivity (Wildman–Crippen MR) is 84.3 cm³/mol. The number of hydrogen-bond acceptors (Lipinski definition) is 2. The van der Waals surface area contributed by atoms with E-state index in [0.717, 1.165) is 25.9 Å². The molecule has 0 saturated carbocycles. The number of benzene rings is 2. The third-order valence-electron chi connectivity index (χ3n) is 4.87. The summed E-state index contributed by atoms with van der Waals surface area (Å²) >= 11 is 0. The first-order valence-electron chi connectivity index (χ1n) is 7.83. The SMILES string of the molecule is Cc1ccc(C2OC3(CCNCC3)c3ccccc32)cc1. The molecule has 1 fully saturated rings. The second kappa shape index (κ2) is 4.97. The first-order valence-corrected chi connectivity index (χ1v) is 7.83. The van der Waals surface area contributed by atoms with Crippen LogP contribution in [0.4, 0.5) is 0 Å². The molecule has 1 atom stereocenters. The molecule has 0 aliphatic carbocycles. The van der Waals surface area contributed by atoms with Crippen molar-refractivity contribution in [2.24, 2.45) is 0 Å². The van der Waals surface area contributed by atoms with Crippen molar-refractivity contribution in [1.82, 2.24) is 5.32 Å². The molecule has 1 unspecified atom stereocenters. The lowest BCUT2D eigenvalue weighted by Crippen LogP contribution is -2.39. The van der Waals surface area contributed by atoms with Crippen molar-refractivity contribution < 1.29 is 4.74 Å². The molecule has 0 radical (unpaired) electrons. The minimum absolute atomic E-state index is 0.0832. The normalized spacial score (nSPS) is 23.2. The van der Waals surface area contributed by atoms with Crippen LogP contribution in [0.15, 0.2) is 48.5 Å². The van der Waals surface area contributed by atoms with Crippen molar-refractivity contribution in [1.29, 1.82) is 0 Å². The quantitative estimate of drug-likeness (QED) is 0.859. The molecule has 0 aromatic heterocycles. The van der Waals surface area contributed by atoms with E-state index in [2.05, 4.69) is 60.8 Å².